The minimum atomic E-state index is 0.377. The van der Waals surface area contributed by atoms with Gasteiger partial charge in [0.2, 0.25) is 5.89 Å². The summed E-state index contributed by atoms with van der Waals surface area (Å²) in [5.74, 6) is 0.463. The average molecular weight is 292 g/mol. The van der Waals surface area contributed by atoms with Crippen molar-refractivity contribution in [3.05, 3.63) is 60.7 Å². The van der Waals surface area contributed by atoms with E-state index in [1.54, 1.807) is 12.4 Å². The molecule has 0 aliphatic rings. The molecule has 108 valence electrons. The van der Waals surface area contributed by atoms with Crippen molar-refractivity contribution >= 4 is 11.5 Å². The summed E-state index contributed by atoms with van der Waals surface area (Å²) in [4.78, 5) is 3.96. The van der Waals surface area contributed by atoms with Crippen LogP contribution in [0, 0.1) is 0 Å². The lowest BCUT2D eigenvalue weighted by atomic mass is 10.2. The Hall–Kier alpha value is -3.22. The Kier molecular flexibility index (Phi) is 3.01. The van der Waals surface area contributed by atoms with Crippen LogP contribution in [0.5, 0.6) is 0 Å². The van der Waals surface area contributed by atoms with Crippen molar-refractivity contribution in [2.75, 3.05) is 5.32 Å². The molecule has 0 radical (unpaired) electrons. The van der Waals surface area contributed by atoms with Crippen molar-refractivity contribution in [1.29, 1.82) is 0 Å². The van der Waals surface area contributed by atoms with E-state index >= 15 is 0 Å². The molecule has 22 heavy (non-hydrogen) atoms. The highest BCUT2D eigenvalue weighted by Crippen LogP contribution is 2.19. The van der Waals surface area contributed by atoms with Crippen LogP contribution < -0.4 is 5.32 Å². The van der Waals surface area contributed by atoms with Crippen molar-refractivity contribution in [1.82, 2.24) is 24.8 Å². The fourth-order valence-electron chi connectivity index (χ4n) is 2.20. The van der Waals surface area contributed by atoms with Gasteiger partial charge in [-0.15, -0.1) is 5.10 Å². The van der Waals surface area contributed by atoms with Gasteiger partial charge in [-0.3, -0.25) is 4.98 Å². The van der Waals surface area contributed by atoms with Gasteiger partial charge in [-0.2, -0.15) is 5.10 Å². The van der Waals surface area contributed by atoms with Crippen LogP contribution in [0.4, 0.5) is 6.01 Å². The van der Waals surface area contributed by atoms with E-state index in [2.05, 4.69) is 25.6 Å². The molecule has 7 nitrogen and oxygen atoms in total. The van der Waals surface area contributed by atoms with Crippen LogP contribution in [-0.2, 0) is 6.54 Å². The van der Waals surface area contributed by atoms with Crippen LogP contribution in [0.1, 0.15) is 5.56 Å². The molecule has 0 aliphatic heterocycles. The SMILES string of the molecule is c1ccn2ncc(CNc3nnc(-c4ccncc4)o3)c2c1. The summed E-state index contributed by atoms with van der Waals surface area (Å²) in [6.45, 7) is 0.561. The summed E-state index contributed by atoms with van der Waals surface area (Å²) in [7, 11) is 0. The maximum atomic E-state index is 5.59. The second-order valence-corrected chi connectivity index (χ2v) is 4.70. The van der Waals surface area contributed by atoms with Crippen LogP contribution in [0.15, 0.2) is 59.5 Å². The first kappa shape index (κ1) is 12.5. The lowest BCUT2D eigenvalue weighted by Crippen LogP contribution is -1.99. The average Bonchev–Trinajstić information content (AvgIpc) is 3.21. The van der Waals surface area contributed by atoms with Gasteiger partial charge >= 0.3 is 6.01 Å². The van der Waals surface area contributed by atoms with Gasteiger partial charge in [-0.25, -0.2) is 4.52 Å². The molecule has 4 heterocycles. The Morgan fingerprint density at radius 1 is 1.09 bits per heavy atom. The molecule has 4 rings (SSSR count). The fraction of sp³-hybridized carbons (Fsp3) is 0.0667. The Bertz CT molecular complexity index is 898. The molecular weight excluding hydrogens is 280 g/mol. The number of fused-ring (bicyclic) bond motifs is 1. The van der Waals surface area contributed by atoms with Crippen molar-refractivity contribution < 1.29 is 4.42 Å². The fourth-order valence-corrected chi connectivity index (χ4v) is 2.20. The van der Waals surface area contributed by atoms with E-state index < -0.39 is 0 Å². The zero-order valence-corrected chi connectivity index (χ0v) is 11.5. The van der Waals surface area contributed by atoms with E-state index in [1.807, 2.05) is 47.2 Å². The molecule has 0 saturated heterocycles. The smallest absolute Gasteiger partial charge is 0.316 e. The summed E-state index contributed by atoms with van der Waals surface area (Å²) in [5.41, 5.74) is 2.94. The first-order valence-electron chi connectivity index (χ1n) is 6.79. The molecule has 7 heteroatoms. The molecule has 0 saturated carbocycles. The van der Waals surface area contributed by atoms with Gasteiger partial charge < -0.3 is 9.73 Å². The van der Waals surface area contributed by atoms with Crippen LogP contribution in [0.3, 0.4) is 0 Å². The highest BCUT2D eigenvalue weighted by molar-refractivity contribution is 5.55. The maximum Gasteiger partial charge on any atom is 0.316 e. The number of hydrogen-bond donors (Lipinski definition) is 1. The van der Waals surface area contributed by atoms with E-state index in [1.165, 1.54) is 0 Å². The molecule has 1 N–H and O–H groups in total. The number of rotatable bonds is 4. The molecule has 4 aromatic rings. The number of aromatic nitrogens is 5. The van der Waals surface area contributed by atoms with Gasteiger partial charge in [-0.05, 0) is 24.3 Å². The standard InChI is InChI=1S/C15H12N6O/c1-2-8-21-13(3-1)12(10-18-21)9-17-15-20-19-14(22-15)11-4-6-16-7-5-11/h1-8,10H,9H2,(H,17,20). The molecule has 0 unspecified atom stereocenters. The van der Waals surface area contributed by atoms with Crippen LogP contribution in [0.2, 0.25) is 0 Å². The van der Waals surface area contributed by atoms with Gasteiger partial charge in [0.1, 0.15) is 0 Å². The summed E-state index contributed by atoms with van der Waals surface area (Å²) in [6, 6.07) is 9.96. The van der Waals surface area contributed by atoms with E-state index in [0.717, 1.165) is 16.6 Å². The van der Waals surface area contributed by atoms with E-state index in [9.17, 15) is 0 Å². The lowest BCUT2D eigenvalue weighted by Gasteiger charge is -1.99. The third-order valence-corrected chi connectivity index (χ3v) is 3.29. The first-order valence-corrected chi connectivity index (χ1v) is 6.79. The summed E-state index contributed by atoms with van der Waals surface area (Å²) in [5, 5.41) is 15.4. The Labute approximate surface area is 125 Å². The van der Waals surface area contributed by atoms with Gasteiger partial charge in [0.25, 0.3) is 0 Å². The molecular formula is C15H12N6O. The Morgan fingerprint density at radius 3 is 2.91 bits per heavy atom. The zero-order chi connectivity index (χ0) is 14.8. The lowest BCUT2D eigenvalue weighted by molar-refractivity contribution is 0.581. The van der Waals surface area contributed by atoms with Gasteiger partial charge in [0.05, 0.1) is 11.7 Å². The van der Waals surface area contributed by atoms with Crippen LogP contribution in [-0.4, -0.2) is 24.8 Å². The number of pyridine rings is 2. The number of nitrogens with one attached hydrogen (secondary N) is 1. The van der Waals surface area contributed by atoms with E-state index in [0.29, 0.717) is 18.5 Å². The molecule has 0 fully saturated rings. The molecule has 0 atom stereocenters. The zero-order valence-electron chi connectivity index (χ0n) is 11.5. The summed E-state index contributed by atoms with van der Waals surface area (Å²) >= 11 is 0. The highest BCUT2D eigenvalue weighted by Gasteiger charge is 2.09. The second-order valence-electron chi connectivity index (χ2n) is 4.70. The molecule has 0 spiro atoms. The summed E-state index contributed by atoms with van der Waals surface area (Å²) in [6.07, 6.45) is 7.10. The Balaban J connectivity index is 1.52. The normalized spacial score (nSPS) is 10.9. The number of hydrogen-bond acceptors (Lipinski definition) is 6. The Morgan fingerprint density at radius 2 is 2.00 bits per heavy atom. The second kappa shape index (κ2) is 5.28. The monoisotopic (exact) mass is 292 g/mol. The minimum Gasteiger partial charge on any atom is -0.403 e. The quantitative estimate of drug-likeness (QED) is 0.622. The largest absolute Gasteiger partial charge is 0.403 e. The van der Waals surface area contributed by atoms with Crippen LogP contribution in [0.25, 0.3) is 17.0 Å². The molecule has 0 aliphatic carbocycles. The van der Waals surface area contributed by atoms with Gasteiger partial charge in [0.15, 0.2) is 0 Å². The van der Waals surface area contributed by atoms with Crippen molar-refractivity contribution in [2.24, 2.45) is 0 Å². The topological polar surface area (TPSA) is 81.1 Å². The summed E-state index contributed by atoms with van der Waals surface area (Å²) < 4.78 is 7.42. The maximum absolute atomic E-state index is 5.59. The van der Waals surface area contributed by atoms with Crippen molar-refractivity contribution in [3.8, 4) is 11.5 Å². The first-order chi connectivity index (χ1) is 10.9. The van der Waals surface area contributed by atoms with Gasteiger partial charge in [0, 0.05) is 36.3 Å². The van der Waals surface area contributed by atoms with Crippen molar-refractivity contribution in [3.63, 3.8) is 0 Å². The number of anilines is 1. The third-order valence-electron chi connectivity index (χ3n) is 3.29. The van der Waals surface area contributed by atoms with Crippen LogP contribution >= 0.6 is 0 Å². The highest BCUT2D eigenvalue weighted by atomic mass is 16.4. The van der Waals surface area contributed by atoms with Gasteiger partial charge in [-0.1, -0.05) is 11.2 Å². The van der Waals surface area contributed by atoms with Crippen molar-refractivity contribution in [2.45, 2.75) is 6.54 Å². The molecule has 0 amide bonds. The molecule has 0 bridgehead atoms. The predicted octanol–water partition coefficient (Wildman–Crippen LogP) is 2.39. The third kappa shape index (κ3) is 2.28. The molecule has 4 aromatic heterocycles. The predicted molar refractivity (Wildman–Crippen MR) is 80.0 cm³/mol. The molecule has 0 aromatic carbocycles. The van der Waals surface area contributed by atoms with E-state index in [4.69, 9.17) is 4.42 Å². The number of nitrogens with zero attached hydrogens (tertiary/aromatic N) is 5. The van der Waals surface area contributed by atoms with E-state index in [-0.39, 0.29) is 0 Å². The minimum absolute atomic E-state index is 0.377.